The van der Waals surface area contributed by atoms with Crippen LogP contribution in [-0.2, 0) is 9.59 Å². The number of benzene rings is 1. The van der Waals surface area contributed by atoms with Crippen LogP contribution in [0.2, 0.25) is 0 Å². The monoisotopic (exact) mass is 468 g/mol. The lowest BCUT2D eigenvalue weighted by molar-refractivity contribution is -0.127. The topological polar surface area (TPSA) is 114 Å². The van der Waals surface area contributed by atoms with Crippen molar-refractivity contribution in [2.75, 3.05) is 26.7 Å². The van der Waals surface area contributed by atoms with Crippen LogP contribution in [0.3, 0.4) is 0 Å². The fraction of sp³-hybridized carbons (Fsp3) is 0.304. The zero-order valence-electron chi connectivity index (χ0n) is 18.1. The molecule has 2 amide bonds. The normalized spacial score (nSPS) is 16.9. The number of ketones is 1. The molecular weight excluding hydrogens is 444 g/mol. The van der Waals surface area contributed by atoms with E-state index in [-0.39, 0.29) is 24.6 Å². The van der Waals surface area contributed by atoms with Gasteiger partial charge in [0.15, 0.2) is 11.5 Å². The van der Waals surface area contributed by atoms with Gasteiger partial charge in [0.25, 0.3) is 5.91 Å². The molecule has 0 spiro atoms. The Morgan fingerprint density at radius 3 is 2.94 bits per heavy atom. The largest absolute Gasteiger partial charge is 0.497 e. The number of hydrogen-bond donors (Lipinski definition) is 2. The molecule has 1 atom stereocenters. The SMILES string of the molecule is COc1ccc2oc(C(=O)NCC(=O)NC3CCCN(Sc4ccccn4)CC3=O)cc2c1. The Morgan fingerprint density at radius 1 is 1.27 bits per heavy atom. The molecule has 1 aliphatic rings. The van der Waals surface area contributed by atoms with E-state index in [1.54, 1.807) is 37.6 Å². The summed E-state index contributed by atoms with van der Waals surface area (Å²) in [6.45, 7) is 0.670. The number of pyridine rings is 1. The van der Waals surface area contributed by atoms with E-state index in [1.807, 2.05) is 22.5 Å². The van der Waals surface area contributed by atoms with Gasteiger partial charge in [-0.25, -0.2) is 9.29 Å². The number of Topliss-reactive ketones (excluding diaryl/α,β-unsaturated/α-hetero) is 1. The second-order valence-electron chi connectivity index (χ2n) is 7.55. The summed E-state index contributed by atoms with van der Waals surface area (Å²) in [5, 5.41) is 6.82. The molecule has 1 aromatic carbocycles. The highest BCUT2D eigenvalue weighted by Gasteiger charge is 2.27. The van der Waals surface area contributed by atoms with Crippen LogP contribution in [0.15, 0.2) is 58.1 Å². The van der Waals surface area contributed by atoms with E-state index in [4.69, 9.17) is 9.15 Å². The summed E-state index contributed by atoms with van der Waals surface area (Å²) in [5.41, 5.74) is 0.544. The van der Waals surface area contributed by atoms with Crippen molar-refractivity contribution >= 4 is 40.5 Å². The van der Waals surface area contributed by atoms with Gasteiger partial charge in [0, 0.05) is 18.1 Å². The van der Waals surface area contributed by atoms with Crippen LogP contribution in [0.25, 0.3) is 11.0 Å². The standard InChI is InChI=1S/C23H24N4O5S/c1-31-16-7-8-19-15(11-16)12-20(32-19)23(30)25-13-21(29)26-17-5-4-10-27(14-18(17)28)33-22-6-2-3-9-24-22/h2-3,6-9,11-12,17H,4-5,10,13-14H2,1H3,(H,25,30)(H,26,29). The molecule has 9 nitrogen and oxygen atoms in total. The van der Waals surface area contributed by atoms with Crippen LogP contribution in [0, 0.1) is 0 Å². The van der Waals surface area contributed by atoms with Crippen molar-refractivity contribution in [3.05, 3.63) is 54.4 Å². The van der Waals surface area contributed by atoms with Crippen molar-refractivity contribution in [1.29, 1.82) is 0 Å². The highest BCUT2D eigenvalue weighted by atomic mass is 32.2. The van der Waals surface area contributed by atoms with Crippen molar-refractivity contribution in [2.24, 2.45) is 0 Å². The summed E-state index contributed by atoms with van der Waals surface area (Å²) in [4.78, 5) is 41.7. The van der Waals surface area contributed by atoms with Crippen molar-refractivity contribution in [2.45, 2.75) is 23.9 Å². The van der Waals surface area contributed by atoms with Gasteiger partial charge < -0.3 is 19.8 Å². The first-order valence-corrected chi connectivity index (χ1v) is 11.3. The van der Waals surface area contributed by atoms with Gasteiger partial charge >= 0.3 is 0 Å². The summed E-state index contributed by atoms with van der Waals surface area (Å²) in [7, 11) is 1.56. The number of methoxy groups -OCH3 is 1. The van der Waals surface area contributed by atoms with Crippen LogP contribution in [0.1, 0.15) is 23.4 Å². The summed E-state index contributed by atoms with van der Waals surface area (Å²) in [6, 6.07) is 11.8. The van der Waals surface area contributed by atoms with E-state index in [0.717, 1.165) is 16.8 Å². The van der Waals surface area contributed by atoms with E-state index >= 15 is 0 Å². The van der Waals surface area contributed by atoms with Gasteiger partial charge in [0.05, 0.1) is 26.2 Å². The zero-order valence-corrected chi connectivity index (χ0v) is 18.9. The van der Waals surface area contributed by atoms with E-state index < -0.39 is 17.9 Å². The number of fused-ring (bicyclic) bond motifs is 1. The Morgan fingerprint density at radius 2 is 2.15 bits per heavy atom. The second kappa shape index (κ2) is 10.5. The van der Waals surface area contributed by atoms with Crippen LogP contribution in [0.4, 0.5) is 0 Å². The highest BCUT2D eigenvalue weighted by Crippen LogP contribution is 2.24. The molecule has 2 aromatic heterocycles. The molecule has 0 aliphatic carbocycles. The van der Waals surface area contributed by atoms with Crippen molar-refractivity contribution < 1.29 is 23.5 Å². The minimum atomic E-state index is -0.581. The van der Waals surface area contributed by atoms with Crippen molar-refractivity contribution in [3.63, 3.8) is 0 Å². The third kappa shape index (κ3) is 5.91. The molecule has 33 heavy (non-hydrogen) atoms. The number of nitrogens with zero attached hydrogens (tertiary/aromatic N) is 2. The molecule has 10 heteroatoms. The number of nitrogens with one attached hydrogen (secondary N) is 2. The molecule has 1 fully saturated rings. The first kappa shape index (κ1) is 22.8. The predicted molar refractivity (Wildman–Crippen MR) is 123 cm³/mol. The Labute approximate surface area is 195 Å². The van der Waals surface area contributed by atoms with Crippen LogP contribution in [-0.4, -0.2) is 59.7 Å². The summed E-state index contributed by atoms with van der Waals surface area (Å²) in [6.07, 6.45) is 3.01. The average Bonchev–Trinajstić information content (AvgIpc) is 3.18. The van der Waals surface area contributed by atoms with Gasteiger partial charge in [-0.05, 0) is 61.2 Å². The van der Waals surface area contributed by atoms with Crippen molar-refractivity contribution in [3.8, 4) is 5.75 Å². The fourth-order valence-electron chi connectivity index (χ4n) is 3.51. The van der Waals surface area contributed by atoms with Gasteiger partial charge in [-0.2, -0.15) is 0 Å². The first-order valence-electron chi connectivity index (χ1n) is 10.5. The molecule has 2 N–H and O–H groups in total. The average molecular weight is 469 g/mol. The minimum absolute atomic E-state index is 0.0677. The second-order valence-corrected chi connectivity index (χ2v) is 8.67. The maximum atomic E-state index is 12.7. The Balaban J connectivity index is 1.27. The molecule has 0 radical (unpaired) electrons. The summed E-state index contributed by atoms with van der Waals surface area (Å²) >= 11 is 1.43. The predicted octanol–water partition coefficient (Wildman–Crippen LogP) is 2.42. The number of ether oxygens (including phenoxy) is 1. The molecular formula is C23H24N4O5S. The molecule has 3 heterocycles. The fourth-order valence-corrected chi connectivity index (χ4v) is 4.44. The van der Waals surface area contributed by atoms with Crippen LogP contribution in [0.5, 0.6) is 5.75 Å². The van der Waals surface area contributed by atoms with Gasteiger partial charge in [0.2, 0.25) is 5.91 Å². The molecule has 1 aliphatic heterocycles. The van der Waals surface area contributed by atoms with E-state index in [0.29, 0.717) is 24.3 Å². The number of hydrogen-bond acceptors (Lipinski definition) is 8. The third-order valence-corrected chi connectivity index (χ3v) is 6.17. The van der Waals surface area contributed by atoms with Gasteiger partial charge in [-0.3, -0.25) is 14.4 Å². The number of carbonyl (C=O) groups excluding carboxylic acids is 3. The van der Waals surface area contributed by atoms with E-state index in [2.05, 4.69) is 15.6 Å². The van der Waals surface area contributed by atoms with Crippen LogP contribution < -0.4 is 15.4 Å². The summed E-state index contributed by atoms with van der Waals surface area (Å²) < 4.78 is 12.7. The molecule has 0 saturated carbocycles. The lowest BCUT2D eigenvalue weighted by Gasteiger charge is -2.18. The molecule has 0 bridgehead atoms. The maximum absolute atomic E-state index is 12.7. The lowest BCUT2D eigenvalue weighted by atomic mass is 10.1. The molecule has 1 saturated heterocycles. The van der Waals surface area contributed by atoms with Gasteiger partial charge in [-0.1, -0.05) is 6.07 Å². The number of aromatic nitrogens is 1. The Hall–Kier alpha value is -3.37. The highest BCUT2D eigenvalue weighted by molar-refractivity contribution is 7.97. The molecule has 4 rings (SSSR count). The zero-order chi connectivity index (χ0) is 23.2. The first-order chi connectivity index (χ1) is 16.0. The van der Waals surface area contributed by atoms with E-state index in [1.165, 1.54) is 11.9 Å². The van der Waals surface area contributed by atoms with Gasteiger partial charge in [-0.15, -0.1) is 0 Å². The Bertz CT molecular complexity index is 1150. The maximum Gasteiger partial charge on any atom is 0.287 e. The van der Waals surface area contributed by atoms with Crippen LogP contribution >= 0.6 is 11.9 Å². The van der Waals surface area contributed by atoms with Gasteiger partial charge in [0.1, 0.15) is 16.4 Å². The lowest BCUT2D eigenvalue weighted by Crippen LogP contribution is -2.46. The minimum Gasteiger partial charge on any atom is -0.497 e. The molecule has 3 aromatic rings. The van der Waals surface area contributed by atoms with Crippen molar-refractivity contribution in [1.82, 2.24) is 19.9 Å². The Kier molecular flexibility index (Phi) is 7.26. The van der Waals surface area contributed by atoms with E-state index in [9.17, 15) is 14.4 Å². The number of amides is 2. The molecule has 1 unspecified atom stereocenters. The number of rotatable bonds is 7. The quantitative estimate of drug-likeness (QED) is 0.508. The number of furan rings is 1. The summed E-state index contributed by atoms with van der Waals surface area (Å²) in [5.74, 6) is -0.254. The molecule has 172 valence electrons. The third-order valence-electron chi connectivity index (χ3n) is 5.17. The number of carbonyl (C=O) groups is 3. The smallest absolute Gasteiger partial charge is 0.287 e.